The number of allylic oxidation sites excluding steroid dienone is 1. The summed E-state index contributed by atoms with van der Waals surface area (Å²) in [4.78, 5) is 21.7. The maximum atomic E-state index is 11.2. The van der Waals surface area contributed by atoms with Crippen LogP contribution in [0.25, 0.3) is 0 Å². The first-order valence-corrected chi connectivity index (χ1v) is 5.20. The van der Waals surface area contributed by atoms with Gasteiger partial charge >= 0.3 is 5.97 Å². The zero-order valence-corrected chi connectivity index (χ0v) is 9.38. The molecule has 0 aromatic rings. The minimum atomic E-state index is -1.43. The predicted octanol–water partition coefficient (Wildman–Crippen LogP) is 1.50. The molecule has 86 valence electrons. The van der Waals surface area contributed by atoms with Gasteiger partial charge in [0.25, 0.3) is 5.78 Å². The molecule has 3 N–H and O–H groups in total. The van der Waals surface area contributed by atoms with E-state index in [9.17, 15) is 9.59 Å². The van der Waals surface area contributed by atoms with Gasteiger partial charge in [0.05, 0.1) is 0 Å². The van der Waals surface area contributed by atoms with Gasteiger partial charge in [0.1, 0.15) is 0 Å². The van der Waals surface area contributed by atoms with Gasteiger partial charge in [-0.1, -0.05) is 25.3 Å². The van der Waals surface area contributed by atoms with Crippen LogP contribution in [0.2, 0.25) is 0 Å². The third-order valence-corrected chi connectivity index (χ3v) is 2.34. The Morgan fingerprint density at radius 1 is 1.27 bits per heavy atom. The summed E-state index contributed by atoms with van der Waals surface area (Å²) in [6.07, 6.45) is 3.90. The minimum absolute atomic E-state index is 0.00307. The Kier molecular flexibility index (Phi) is 6.62. The van der Waals surface area contributed by atoms with E-state index in [4.69, 9.17) is 10.8 Å². The van der Waals surface area contributed by atoms with Gasteiger partial charge in [-0.05, 0) is 19.8 Å². The molecular weight excluding hydrogens is 194 g/mol. The van der Waals surface area contributed by atoms with Gasteiger partial charge in [-0.2, -0.15) is 0 Å². The number of hydrogen-bond acceptors (Lipinski definition) is 3. The zero-order valence-electron chi connectivity index (χ0n) is 9.38. The topological polar surface area (TPSA) is 80.4 Å². The first kappa shape index (κ1) is 13.8. The lowest BCUT2D eigenvalue weighted by Gasteiger charge is -2.06. The molecule has 0 fully saturated rings. The molecule has 0 aliphatic carbocycles. The van der Waals surface area contributed by atoms with Crippen molar-refractivity contribution < 1.29 is 14.7 Å². The zero-order chi connectivity index (χ0) is 11.8. The number of Topliss-reactive ketones (excluding diaryl/α,β-unsaturated/α-hetero) is 1. The third kappa shape index (κ3) is 4.74. The highest BCUT2D eigenvalue weighted by molar-refractivity contribution is 6.39. The van der Waals surface area contributed by atoms with Crippen LogP contribution in [0.15, 0.2) is 11.1 Å². The van der Waals surface area contributed by atoms with Crippen LogP contribution < -0.4 is 5.73 Å². The Bertz CT molecular complexity index is 269. The molecule has 0 radical (unpaired) electrons. The predicted molar refractivity (Wildman–Crippen MR) is 58.5 cm³/mol. The maximum Gasteiger partial charge on any atom is 0.376 e. The van der Waals surface area contributed by atoms with Gasteiger partial charge in [0.2, 0.25) is 0 Å². The molecule has 0 bridgehead atoms. The highest BCUT2D eigenvalue weighted by Gasteiger charge is 2.18. The average Bonchev–Trinajstić information content (AvgIpc) is 2.19. The highest BCUT2D eigenvalue weighted by atomic mass is 16.4. The summed E-state index contributed by atoms with van der Waals surface area (Å²) in [7, 11) is 0. The second-order valence-electron chi connectivity index (χ2n) is 3.55. The fourth-order valence-corrected chi connectivity index (χ4v) is 1.38. The van der Waals surface area contributed by atoms with Crippen LogP contribution in [0.5, 0.6) is 0 Å². The van der Waals surface area contributed by atoms with Crippen molar-refractivity contribution >= 4 is 11.8 Å². The number of rotatable bonds is 7. The molecule has 0 atom stereocenters. The van der Waals surface area contributed by atoms with Gasteiger partial charge in [-0.25, -0.2) is 4.79 Å². The van der Waals surface area contributed by atoms with Crippen LogP contribution in [0, 0.1) is 0 Å². The quantitative estimate of drug-likeness (QED) is 0.381. The van der Waals surface area contributed by atoms with Gasteiger partial charge in [-0.15, -0.1) is 0 Å². The minimum Gasteiger partial charge on any atom is -0.475 e. The van der Waals surface area contributed by atoms with Gasteiger partial charge < -0.3 is 10.8 Å². The number of carbonyl (C=O) groups excluding carboxylic acids is 1. The molecule has 15 heavy (non-hydrogen) atoms. The number of unbranched alkanes of at least 4 members (excludes halogenated alkanes) is 2. The number of carbonyl (C=O) groups is 2. The number of carboxylic acid groups (broad SMARTS) is 1. The summed E-state index contributed by atoms with van der Waals surface area (Å²) in [5.74, 6) is -2.29. The van der Waals surface area contributed by atoms with E-state index in [-0.39, 0.29) is 12.1 Å². The molecule has 0 saturated carbocycles. The largest absolute Gasteiger partial charge is 0.475 e. The number of hydrogen-bond donors (Lipinski definition) is 2. The van der Waals surface area contributed by atoms with Gasteiger partial charge in [-0.3, -0.25) is 4.79 Å². The van der Waals surface area contributed by atoms with Crippen molar-refractivity contribution in [3.63, 3.8) is 0 Å². The molecule has 0 spiro atoms. The van der Waals surface area contributed by atoms with Crippen LogP contribution in [-0.4, -0.2) is 23.4 Å². The Morgan fingerprint density at radius 3 is 2.27 bits per heavy atom. The summed E-state index contributed by atoms with van der Waals surface area (Å²) < 4.78 is 0. The van der Waals surface area contributed by atoms with Crippen molar-refractivity contribution in [2.75, 3.05) is 6.54 Å². The van der Waals surface area contributed by atoms with E-state index < -0.39 is 11.8 Å². The van der Waals surface area contributed by atoms with E-state index in [2.05, 4.69) is 6.92 Å². The fraction of sp³-hybridized carbons (Fsp3) is 0.636. The molecule has 0 rings (SSSR count). The summed E-state index contributed by atoms with van der Waals surface area (Å²) in [5, 5.41) is 8.56. The van der Waals surface area contributed by atoms with Crippen LogP contribution in [0.3, 0.4) is 0 Å². The van der Waals surface area contributed by atoms with Crippen LogP contribution in [-0.2, 0) is 9.59 Å². The molecule has 0 aliphatic heterocycles. The second kappa shape index (κ2) is 7.17. The summed E-state index contributed by atoms with van der Waals surface area (Å²) in [6, 6.07) is 0. The Hall–Kier alpha value is -1.16. The summed E-state index contributed by atoms with van der Waals surface area (Å²) >= 11 is 0. The Morgan fingerprint density at radius 2 is 1.87 bits per heavy atom. The number of aliphatic carboxylic acids is 1. The first-order chi connectivity index (χ1) is 7.04. The Balaban J connectivity index is 4.52. The molecule has 0 aromatic carbocycles. The van der Waals surface area contributed by atoms with E-state index in [1.807, 2.05) is 0 Å². The molecule has 0 heterocycles. The Labute approximate surface area is 90.2 Å². The van der Waals surface area contributed by atoms with Crippen molar-refractivity contribution in [2.45, 2.75) is 39.5 Å². The van der Waals surface area contributed by atoms with E-state index >= 15 is 0 Å². The molecule has 0 aromatic heterocycles. The molecule has 0 amide bonds. The molecular formula is C11H19NO3. The van der Waals surface area contributed by atoms with Crippen molar-refractivity contribution in [3.05, 3.63) is 11.1 Å². The normalized spacial score (nSPS) is 12.2. The van der Waals surface area contributed by atoms with Crippen molar-refractivity contribution in [3.8, 4) is 0 Å². The van der Waals surface area contributed by atoms with Crippen molar-refractivity contribution in [1.29, 1.82) is 0 Å². The molecule has 0 unspecified atom stereocenters. The molecule has 0 aliphatic rings. The van der Waals surface area contributed by atoms with Crippen LogP contribution in [0.1, 0.15) is 39.5 Å². The monoisotopic (exact) mass is 213 g/mol. The van der Waals surface area contributed by atoms with Crippen molar-refractivity contribution in [2.24, 2.45) is 5.73 Å². The van der Waals surface area contributed by atoms with Gasteiger partial charge in [0, 0.05) is 12.1 Å². The summed E-state index contributed by atoms with van der Waals surface area (Å²) in [6.45, 7) is 3.87. The molecule has 4 heteroatoms. The van der Waals surface area contributed by atoms with E-state index in [0.29, 0.717) is 0 Å². The first-order valence-electron chi connectivity index (χ1n) is 5.20. The SMILES string of the molecule is CCCCCC(C)=C(CN)C(=O)C(=O)O. The third-order valence-electron chi connectivity index (χ3n) is 2.34. The maximum absolute atomic E-state index is 11.2. The lowest BCUT2D eigenvalue weighted by atomic mass is 10.00. The van der Waals surface area contributed by atoms with Gasteiger partial charge in [0.15, 0.2) is 0 Å². The summed E-state index contributed by atoms with van der Waals surface area (Å²) in [5.41, 5.74) is 6.43. The number of carboxylic acids is 1. The second-order valence-corrected chi connectivity index (χ2v) is 3.55. The average molecular weight is 213 g/mol. The number of nitrogens with two attached hydrogens (primary N) is 1. The number of ketones is 1. The van der Waals surface area contributed by atoms with Crippen molar-refractivity contribution in [1.82, 2.24) is 0 Å². The van der Waals surface area contributed by atoms with Crippen LogP contribution >= 0.6 is 0 Å². The smallest absolute Gasteiger partial charge is 0.376 e. The molecule has 0 saturated heterocycles. The van der Waals surface area contributed by atoms with E-state index in [0.717, 1.165) is 31.3 Å². The van der Waals surface area contributed by atoms with E-state index in [1.54, 1.807) is 6.92 Å². The standard InChI is InChI=1S/C11H19NO3/c1-3-4-5-6-8(2)9(7-12)10(13)11(14)15/h3-7,12H2,1-2H3,(H,14,15). The molecule has 4 nitrogen and oxygen atoms in total. The van der Waals surface area contributed by atoms with Crippen LogP contribution in [0.4, 0.5) is 0 Å². The highest BCUT2D eigenvalue weighted by Crippen LogP contribution is 2.13. The lowest BCUT2D eigenvalue weighted by Crippen LogP contribution is -2.22. The lowest BCUT2D eigenvalue weighted by molar-refractivity contribution is -0.147. The fourth-order valence-electron chi connectivity index (χ4n) is 1.38. The van der Waals surface area contributed by atoms with E-state index in [1.165, 1.54) is 0 Å².